The summed E-state index contributed by atoms with van der Waals surface area (Å²) in [4.78, 5) is 13.0. The Hall–Kier alpha value is -1.33. The predicted octanol–water partition coefficient (Wildman–Crippen LogP) is 3.60. The van der Waals surface area contributed by atoms with Crippen LogP contribution in [-0.4, -0.2) is 35.0 Å². The minimum absolute atomic E-state index is 0.0228. The van der Waals surface area contributed by atoms with Gasteiger partial charge in [0, 0.05) is 30.4 Å². The number of piperidine rings is 1. The van der Waals surface area contributed by atoms with Crippen molar-refractivity contribution in [2.24, 2.45) is 0 Å². The molecule has 0 saturated carbocycles. The largest absolute Gasteiger partial charge is 0.382 e. The van der Waals surface area contributed by atoms with Gasteiger partial charge in [-0.3, -0.25) is 10.1 Å². The quantitative estimate of drug-likeness (QED) is 0.684. The van der Waals surface area contributed by atoms with Crippen LogP contribution in [0.25, 0.3) is 0 Å². The Kier molecular flexibility index (Phi) is 4.04. The number of benzene rings is 1. The fourth-order valence-corrected chi connectivity index (χ4v) is 3.77. The Bertz CT molecular complexity index is 564. The molecule has 0 aliphatic carbocycles. The standard InChI is InChI=1S/C15H20ClN3O2/c1-10-7-15(19(20)21)13(16)9-14(10)17-11-4-6-18-5-2-3-12(18)8-11/h7,9,11-12,17H,2-6,8H2,1H3. The lowest BCUT2D eigenvalue weighted by Crippen LogP contribution is -2.42. The van der Waals surface area contributed by atoms with E-state index in [1.165, 1.54) is 19.4 Å². The first-order valence-corrected chi connectivity index (χ1v) is 7.87. The van der Waals surface area contributed by atoms with Crippen LogP contribution in [-0.2, 0) is 0 Å². The van der Waals surface area contributed by atoms with Gasteiger partial charge in [0.2, 0.25) is 0 Å². The van der Waals surface area contributed by atoms with Crippen molar-refractivity contribution in [3.05, 3.63) is 32.8 Å². The minimum atomic E-state index is -0.434. The van der Waals surface area contributed by atoms with E-state index in [9.17, 15) is 10.1 Å². The van der Waals surface area contributed by atoms with Crippen molar-refractivity contribution in [2.45, 2.75) is 44.7 Å². The Labute approximate surface area is 129 Å². The van der Waals surface area contributed by atoms with Crippen molar-refractivity contribution in [2.75, 3.05) is 18.4 Å². The van der Waals surface area contributed by atoms with Gasteiger partial charge in [0.1, 0.15) is 5.02 Å². The van der Waals surface area contributed by atoms with E-state index in [1.807, 2.05) is 6.92 Å². The maximum absolute atomic E-state index is 10.9. The lowest BCUT2D eigenvalue weighted by molar-refractivity contribution is -0.384. The maximum atomic E-state index is 10.9. The molecular formula is C15H20ClN3O2. The molecule has 2 heterocycles. The Morgan fingerprint density at radius 2 is 2.19 bits per heavy atom. The van der Waals surface area contributed by atoms with Crippen molar-refractivity contribution in [3.63, 3.8) is 0 Å². The maximum Gasteiger partial charge on any atom is 0.288 e. The summed E-state index contributed by atoms with van der Waals surface area (Å²) in [5.74, 6) is 0. The second-order valence-corrected chi connectivity index (χ2v) is 6.48. The monoisotopic (exact) mass is 309 g/mol. The van der Waals surface area contributed by atoms with Crippen molar-refractivity contribution in [1.29, 1.82) is 0 Å². The van der Waals surface area contributed by atoms with Gasteiger partial charge >= 0.3 is 0 Å². The summed E-state index contributed by atoms with van der Waals surface area (Å²) in [6.45, 7) is 4.26. The molecule has 0 radical (unpaired) electrons. The van der Waals surface area contributed by atoms with E-state index in [4.69, 9.17) is 11.6 Å². The second-order valence-electron chi connectivity index (χ2n) is 6.07. The van der Waals surface area contributed by atoms with Gasteiger partial charge in [-0.1, -0.05) is 11.6 Å². The van der Waals surface area contributed by atoms with E-state index in [0.717, 1.165) is 30.6 Å². The molecule has 1 aromatic rings. The normalized spacial score (nSPS) is 25.6. The smallest absolute Gasteiger partial charge is 0.288 e. The third-order valence-corrected chi connectivity index (χ3v) is 4.97. The van der Waals surface area contributed by atoms with Crippen LogP contribution in [0.15, 0.2) is 12.1 Å². The van der Waals surface area contributed by atoms with Gasteiger partial charge in [0.05, 0.1) is 4.92 Å². The summed E-state index contributed by atoms with van der Waals surface area (Å²) in [6.07, 6.45) is 4.86. The molecule has 2 fully saturated rings. The van der Waals surface area contributed by atoms with Crippen LogP contribution in [0.5, 0.6) is 0 Å². The minimum Gasteiger partial charge on any atom is -0.382 e. The van der Waals surface area contributed by atoms with E-state index in [0.29, 0.717) is 12.1 Å². The number of anilines is 1. The lowest BCUT2D eigenvalue weighted by atomic mass is 9.97. The molecule has 0 aromatic heterocycles. The highest BCUT2D eigenvalue weighted by atomic mass is 35.5. The number of nitro groups is 1. The third kappa shape index (κ3) is 2.99. The number of fused-ring (bicyclic) bond motifs is 1. The number of nitro benzene ring substituents is 1. The van der Waals surface area contributed by atoms with Crippen LogP contribution in [0, 0.1) is 17.0 Å². The number of hydrogen-bond donors (Lipinski definition) is 1. The van der Waals surface area contributed by atoms with Crippen LogP contribution >= 0.6 is 11.6 Å². The van der Waals surface area contributed by atoms with E-state index in [1.54, 1.807) is 12.1 Å². The van der Waals surface area contributed by atoms with E-state index < -0.39 is 4.92 Å². The van der Waals surface area contributed by atoms with Gasteiger partial charge in [-0.05, 0) is 50.8 Å². The van der Waals surface area contributed by atoms with Crippen LogP contribution in [0.1, 0.15) is 31.2 Å². The molecule has 2 aliphatic rings. The molecule has 2 aliphatic heterocycles. The Morgan fingerprint density at radius 1 is 1.38 bits per heavy atom. The zero-order valence-electron chi connectivity index (χ0n) is 12.1. The molecule has 21 heavy (non-hydrogen) atoms. The molecule has 3 rings (SSSR count). The fraction of sp³-hybridized carbons (Fsp3) is 0.600. The number of aryl methyl sites for hydroxylation is 1. The van der Waals surface area contributed by atoms with Gasteiger partial charge in [-0.2, -0.15) is 0 Å². The zero-order valence-corrected chi connectivity index (χ0v) is 12.9. The number of hydrogen-bond acceptors (Lipinski definition) is 4. The topological polar surface area (TPSA) is 58.4 Å². The molecule has 2 unspecified atom stereocenters. The number of rotatable bonds is 3. The van der Waals surface area contributed by atoms with Crippen LogP contribution in [0.3, 0.4) is 0 Å². The van der Waals surface area contributed by atoms with Crippen LogP contribution in [0.2, 0.25) is 5.02 Å². The number of nitrogens with one attached hydrogen (secondary N) is 1. The summed E-state index contributed by atoms with van der Waals surface area (Å²) in [7, 11) is 0. The highest BCUT2D eigenvalue weighted by Gasteiger charge is 2.31. The van der Waals surface area contributed by atoms with Gasteiger partial charge in [0.25, 0.3) is 5.69 Å². The van der Waals surface area contributed by atoms with Crippen molar-refractivity contribution < 1.29 is 4.92 Å². The van der Waals surface area contributed by atoms with Crippen LogP contribution in [0.4, 0.5) is 11.4 Å². The average molecular weight is 310 g/mol. The second kappa shape index (κ2) is 5.81. The summed E-state index contributed by atoms with van der Waals surface area (Å²) in [5.41, 5.74) is 1.77. The third-order valence-electron chi connectivity index (χ3n) is 4.67. The molecule has 114 valence electrons. The van der Waals surface area contributed by atoms with E-state index >= 15 is 0 Å². The van der Waals surface area contributed by atoms with Crippen LogP contribution < -0.4 is 5.32 Å². The van der Waals surface area contributed by atoms with Gasteiger partial charge < -0.3 is 10.2 Å². The summed E-state index contributed by atoms with van der Waals surface area (Å²) >= 11 is 6.01. The molecule has 0 bridgehead atoms. The summed E-state index contributed by atoms with van der Waals surface area (Å²) < 4.78 is 0. The molecule has 0 amide bonds. The first-order valence-electron chi connectivity index (χ1n) is 7.49. The van der Waals surface area contributed by atoms with Gasteiger partial charge in [-0.15, -0.1) is 0 Å². The van der Waals surface area contributed by atoms with Gasteiger partial charge in [0.15, 0.2) is 0 Å². The Morgan fingerprint density at radius 3 is 2.95 bits per heavy atom. The predicted molar refractivity (Wildman–Crippen MR) is 84.1 cm³/mol. The molecular weight excluding hydrogens is 290 g/mol. The van der Waals surface area contributed by atoms with Gasteiger partial charge in [-0.25, -0.2) is 0 Å². The van der Waals surface area contributed by atoms with E-state index in [2.05, 4.69) is 10.2 Å². The zero-order chi connectivity index (χ0) is 15.0. The lowest BCUT2D eigenvalue weighted by Gasteiger charge is -2.35. The highest BCUT2D eigenvalue weighted by molar-refractivity contribution is 6.33. The first kappa shape index (κ1) is 14.6. The molecule has 2 saturated heterocycles. The SMILES string of the molecule is Cc1cc([N+](=O)[O-])c(Cl)cc1NC1CCN2CCCC2C1. The molecule has 0 spiro atoms. The number of nitrogens with zero attached hydrogens (tertiary/aromatic N) is 2. The molecule has 2 atom stereocenters. The summed E-state index contributed by atoms with van der Waals surface area (Å²) in [5, 5.41) is 14.6. The van der Waals surface area contributed by atoms with Crippen molar-refractivity contribution in [1.82, 2.24) is 4.90 Å². The highest BCUT2D eigenvalue weighted by Crippen LogP contribution is 2.33. The summed E-state index contributed by atoms with van der Waals surface area (Å²) in [6, 6.07) is 4.37. The molecule has 1 N–H and O–H groups in total. The molecule has 1 aromatic carbocycles. The molecule has 6 heteroatoms. The van der Waals surface area contributed by atoms with Crippen molar-refractivity contribution in [3.8, 4) is 0 Å². The Balaban J connectivity index is 1.73. The first-order chi connectivity index (χ1) is 10.0. The molecule has 5 nitrogen and oxygen atoms in total. The fourth-order valence-electron chi connectivity index (χ4n) is 3.54. The van der Waals surface area contributed by atoms with Crippen molar-refractivity contribution >= 4 is 23.0 Å². The van der Waals surface area contributed by atoms with E-state index in [-0.39, 0.29) is 10.7 Å². The average Bonchev–Trinajstić information content (AvgIpc) is 2.89. The number of halogens is 1.